The van der Waals surface area contributed by atoms with Crippen molar-refractivity contribution in [3.8, 4) is 0 Å². The van der Waals surface area contributed by atoms with Crippen LogP contribution in [0.25, 0.3) is 0 Å². The highest BCUT2D eigenvalue weighted by Crippen LogP contribution is 2.24. The van der Waals surface area contributed by atoms with E-state index >= 15 is 0 Å². The Hall–Kier alpha value is -1.76. The monoisotopic (exact) mass is 314 g/mol. The van der Waals surface area contributed by atoms with E-state index in [-0.39, 0.29) is 11.1 Å². The first-order valence-corrected chi connectivity index (χ1v) is 7.26. The second kappa shape index (κ2) is 6.80. The minimum absolute atomic E-state index is 0.0278. The number of aromatic amines is 1. The third-order valence-corrected chi connectivity index (χ3v) is 3.54. The maximum Gasteiger partial charge on any atom is 0.407 e. The zero-order valence-corrected chi connectivity index (χ0v) is 12.8. The molecule has 21 heavy (non-hydrogen) atoms. The van der Waals surface area contributed by atoms with Gasteiger partial charge in [0.25, 0.3) is 5.56 Å². The van der Waals surface area contributed by atoms with E-state index in [4.69, 9.17) is 16.3 Å². The number of nitrogens with one attached hydrogen (secondary N) is 2. The lowest BCUT2D eigenvalue weighted by atomic mass is 10.2. The first-order chi connectivity index (χ1) is 9.97. The summed E-state index contributed by atoms with van der Waals surface area (Å²) in [6.45, 7) is 5.62. The number of aromatic nitrogens is 2. The third-order valence-electron chi connectivity index (χ3n) is 3.18. The fourth-order valence-corrected chi connectivity index (χ4v) is 2.35. The molecule has 2 N–H and O–H groups in total. The molecule has 0 aromatic carbocycles. The number of carbonyl (C=O) groups excluding carboxylic acids is 1. The van der Waals surface area contributed by atoms with Crippen molar-refractivity contribution in [1.82, 2.24) is 15.5 Å². The molecule has 2 heterocycles. The van der Waals surface area contributed by atoms with Crippen molar-refractivity contribution in [2.24, 2.45) is 5.92 Å². The van der Waals surface area contributed by atoms with Gasteiger partial charge in [0.05, 0.1) is 24.5 Å². The van der Waals surface area contributed by atoms with Gasteiger partial charge in [-0.2, -0.15) is 5.10 Å². The van der Waals surface area contributed by atoms with E-state index < -0.39 is 11.7 Å². The van der Waals surface area contributed by atoms with Gasteiger partial charge in [-0.3, -0.25) is 4.79 Å². The fourth-order valence-electron chi connectivity index (χ4n) is 2.14. The number of amides is 1. The molecule has 0 spiro atoms. The summed E-state index contributed by atoms with van der Waals surface area (Å²) in [4.78, 5) is 25.0. The van der Waals surface area contributed by atoms with Crippen LogP contribution in [-0.2, 0) is 4.74 Å². The zero-order chi connectivity index (χ0) is 15.4. The van der Waals surface area contributed by atoms with Gasteiger partial charge in [-0.25, -0.2) is 9.89 Å². The predicted octanol–water partition coefficient (Wildman–Crippen LogP) is 1.38. The van der Waals surface area contributed by atoms with Crippen LogP contribution in [0.5, 0.6) is 0 Å². The van der Waals surface area contributed by atoms with Crippen LogP contribution >= 0.6 is 11.6 Å². The molecule has 1 aromatic heterocycles. The van der Waals surface area contributed by atoms with Gasteiger partial charge in [0.1, 0.15) is 5.02 Å². The molecule has 0 aliphatic carbocycles. The minimum atomic E-state index is -0.415. The average Bonchev–Trinajstić information content (AvgIpc) is 2.88. The van der Waals surface area contributed by atoms with Crippen LogP contribution in [0.3, 0.4) is 0 Å². The SMILES string of the molecule is CC(C)COC(=O)NC1CCN(c2cn[nH]c(=O)c2Cl)C1. The van der Waals surface area contributed by atoms with Crippen LogP contribution < -0.4 is 15.8 Å². The van der Waals surface area contributed by atoms with Gasteiger partial charge in [0.2, 0.25) is 0 Å². The fraction of sp³-hybridized carbons (Fsp3) is 0.615. The molecule has 116 valence electrons. The molecule has 1 unspecified atom stereocenters. The Labute approximate surface area is 127 Å². The van der Waals surface area contributed by atoms with E-state index in [0.717, 1.165) is 6.42 Å². The van der Waals surface area contributed by atoms with Crippen molar-refractivity contribution in [2.75, 3.05) is 24.6 Å². The van der Waals surface area contributed by atoms with Crippen molar-refractivity contribution in [2.45, 2.75) is 26.3 Å². The Morgan fingerprint density at radius 3 is 3.14 bits per heavy atom. The summed E-state index contributed by atoms with van der Waals surface area (Å²) in [5.41, 5.74) is 0.169. The first kappa shape index (κ1) is 15.6. The summed E-state index contributed by atoms with van der Waals surface area (Å²) in [5.74, 6) is 0.303. The molecule has 1 aliphatic rings. The van der Waals surface area contributed by atoms with Crippen molar-refractivity contribution in [3.63, 3.8) is 0 Å². The van der Waals surface area contributed by atoms with E-state index in [1.165, 1.54) is 6.20 Å². The number of rotatable bonds is 4. The predicted molar refractivity (Wildman–Crippen MR) is 79.8 cm³/mol. The zero-order valence-electron chi connectivity index (χ0n) is 12.1. The van der Waals surface area contributed by atoms with Crippen molar-refractivity contribution in [3.05, 3.63) is 21.6 Å². The minimum Gasteiger partial charge on any atom is -0.449 e. The summed E-state index contributed by atoms with van der Waals surface area (Å²) in [5, 5.41) is 8.96. The maximum atomic E-state index is 11.6. The van der Waals surface area contributed by atoms with Crippen LogP contribution in [-0.4, -0.2) is 42.0 Å². The Balaban J connectivity index is 1.90. The molecule has 1 saturated heterocycles. The van der Waals surface area contributed by atoms with Crippen LogP contribution in [0.15, 0.2) is 11.0 Å². The topological polar surface area (TPSA) is 87.3 Å². The number of hydrogen-bond acceptors (Lipinski definition) is 5. The van der Waals surface area contributed by atoms with E-state index in [1.54, 1.807) is 0 Å². The van der Waals surface area contributed by atoms with Gasteiger partial charge >= 0.3 is 6.09 Å². The van der Waals surface area contributed by atoms with Gasteiger partial charge in [-0.15, -0.1) is 0 Å². The molecular formula is C13H19ClN4O3. The number of nitrogens with zero attached hydrogens (tertiary/aromatic N) is 2. The van der Waals surface area contributed by atoms with Gasteiger partial charge in [0.15, 0.2) is 0 Å². The second-order valence-corrected chi connectivity index (χ2v) is 5.84. The summed E-state index contributed by atoms with van der Waals surface area (Å²) in [6, 6.07) is -0.0278. The maximum absolute atomic E-state index is 11.6. The Morgan fingerprint density at radius 1 is 1.67 bits per heavy atom. The van der Waals surface area contributed by atoms with Crippen LogP contribution in [0, 0.1) is 5.92 Å². The Morgan fingerprint density at radius 2 is 2.43 bits per heavy atom. The Kier molecular flexibility index (Phi) is 5.06. The molecule has 7 nitrogen and oxygen atoms in total. The highest BCUT2D eigenvalue weighted by atomic mass is 35.5. The van der Waals surface area contributed by atoms with Crippen molar-refractivity contribution >= 4 is 23.4 Å². The largest absolute Gasteiger partial charge is 0.449 e. The number of alkyl carbamates (subject to hydrolysis) is 1. The number of anilines is 1. The van der Waals surface area contributed by atoms with Crippen molar-refractivity contribution < 1.29 is 9.53 Å². The Bertz CT molecular complexity index is 561. The number of H-pyrrole nitrogens is 1. The lowest BCUT2D eigenvalue weighted by molar-refractivity contribution is 0.130. The molecule has 1 atom stereocenters. The van der Waals surface area contributed by atoms with Crippen LogP contribution in [0.4, 0.5) is 10.5 Å². The normalized spacial score (nSPS) is 18.1. The number of carbonyl (C=O) groups is 1. The highest BCUT2D eigenvalue weighted by molar-refractivity contribution is 6.33. The molecule has 8 heteroatoms. The molecule has 0 bridgehead atoms. The van der Waals surface area contributed by atoms with Gasteiger partial charge in [-0.05, 0) is 12.3 Å². The summed E-state index contributed by atoms with van der Waals surface area (Å²) < 4.78 is 5.09. The molecule has 0 radical (unpaired) electrons. The summed E-state index contributed by atoms with van der Waals surface area (Å²) in [6.07, 6.45) is 1.87. The van der Waals surface area contributed by atoms with Gasteiger partial charge < -0.3 is 15.0 Å². The van der Waals surface area contributed by atoms with Crippen LogP contribution in [0.2, 0.25) is 5.02 Å². The van der Waals surface area contributed by atoms with Gasteiger partial charge in [0, 0.05) is 13.1 Å². The lowest BCUT2D eigenvalue weighted by Gasteiger charge is -2.19. The lowest BCUT2D eigenvalue weighted by Crippen LogP contribution is -2.38. The van der Waals surface area contributed by atoms with E-state index in [1.807, 2.05) is 18.7 Å². The molecule has 1 fully saturated rings. The quantitative estimate of drug-likeness (QED) is 0.877. The molecule has 1 aliphatic heterocycles. The molecule has 1 aromatic rings. The first-order valence-electron chi connectivity index (χ1n) is 6.88. The smallest absolute Gasteiger partial charge is 0.407 e. The second-order valence-electron chi connectivity index (χ2n) is 5.47. The number of hydrogen-bond donors (Lipinski definition) is 2. The standard InChI is InChI=1S/C13H19ClN4O3/c1-8(2)7-21-13(20)16-9-3-4-18(6-9)10-5-15-17-12(19)11(10)14/h5,8-9H,3-4,6-7H2,1-2H3,(H,16,20)(H,17,19). The summed E-state index contributed by atoms with van der Waals surface area (Å²) >= 11 is 5.97. The highest BCUT2D eigenvalue weighted by Gasteiger charge is 2.26. The third kappa shape index (κ3) is 4.10. The van der Waals surface area contributed by atoms with E-state index in [2.05, 4.69) is 15.5 Å². The van der Waals surface area contributed by atoms with E-state index in [0.29, 0.717) is 31.3 Å². The van der Waals surface area contributed by atoms with Gasteiger partial charge in [-0.1, -0.05) is 25.4 Å². The molecular weight excluding hydrogens is 296 g/mol. The van der Waals surface area contributed by atoms with E-state index in [9.17, 15) is 9.59 Å². The average molecular weight is 315 g/mol. The number of halogens is 1. The molecule has 2 rings (SSSR count). The van der Waals surface area contributed by atoms with Crippen molar-refractivity contribution in [1.29, 1.82) is 0 Å². The van der Waals surface area contributed by atoms with Crippen LogP contribution in [0.1, 0.15) is 20.3 Å². The molecule has 1 amide bonds. The summed E-state index contributed by atoms with van der Waals surface area (Å²) in [7, 11) is 0. The number of ether oxygens (including phenoxy) is 1. The molecule has 0 saturated carbocycles.